The average Bonchev–Trinajstić information content (AvgIpc) is 2.03. The van der Waals surface area contributed by atoms with E-state index in [1.54, 1.807) is 0 Å². The number of alkyl halides is 3. The number of aromatic nitrogens is 1. The standard InChI is InChI=1S/C7H6BrClF2N2/c8-2-3-1-4(6(10)11)7(12)13-5(3)9/h1,6H,2H2,(H2,12,13). The lowest BCUT2D eigenvalue weighted by atomic mass is 10.2. The van der Waals surface area contributed by atoms with Gasteiger partial charge in [0.25, 0.3) is 6.43 Å². The lowest BCUT2D eigenvalue weighted by Crippen LogP contribution is -2.00. The number of anilines is 1. The number of nitrogens with two attached hydrogens (primary N) is 1. The number of hydrogen-bond acceptors (Lipinski definition) is 2. The van der Waals surface area contributed by atoms with Crippen molar-refractivity contribution in [2.75, 3.05) is 5.73 Å². The van der Waals surface area contributed by atoms with Gasteiger partial charge in [0, 0.05) is 10.9 Å². The fourth-order valence-corrected chi connectivity index (χ4v) is 1.63. The third kappa shape index (κ3) is 2.28. The Labute approximate surface area is 87.2 Å². The van der Waals surface area contributed by atoms with Gasteiger partial charge in [-0.15, -0.1) is 0 Å². The zero-order valence-electron chi connectivity index (χ0n) is 6.40. The number of rotatable bonds is 2. The first kappa shape index (κ1) is 10.7. The van der Waals surface area contributed by atoms with Gasteiger partial charge in [-0.25, -0.2) is 13.8 Å². The number of pyridine rings is 1. The molecule has 0 amide bonds. The first-order valence-electron chi connectivity index (χ1n) is 3.35. The summed E-state index contributed by atoms with van der Waals surface area (Å²) in [5, 5.41) is 0.525. The van der Waals surface area contributed by atoms with Gasteiger partial charge in [-0.1, -0.05) is 27.5 Å². The van der Waals surface area contributed by atoms with Crippen molar-refractivity contribution in [2.45, 2.75) is 11.8 Å². The predicted molar refractivity (Wildman–Crippen MR) is 51.2 cm³/mol. The Bertz CT molecular complexity index is 320. The molecular weight excluding hydrogens is 265 g/mol. The average molecular weight is 271 g/mol. The molecule has 2 nitrogen and oxygen atoms in total. The van der Waals surface area contributed by atoms with Crippen LogP contribution in [0.15, 0.2) is 6.07 Å². The molecule has 0 bridgehead atoms. The Morgan fingerprint density at radius 1 is 1.62 bits per heavy atom. The molecule has 1 heterocycles. The summed E-state index contributed by atoms with van der Waals surface area (Å²) in [7, 11) is 0. The second kappa shape index (κ2) is 4.19. The number of nitrogen functional groups attached to an aromatic ring is 1. The van der Waals surface area contributed by atoms with E-state index >= 15 is 0 Å². The van der Waals surface area contributed by atoms with Crippen LogP contribution < -0.4 is 5.73 Å². The maximum Gasteiger partial charge on any atom is 0.267 e. The molecule has 0 atom stereocenters. The van der Waals surface area contributed by atoms with Crippen LogP contribution in [-0.4, -0.2) is 4.98 Å². The molecule has 0 unspecified atom stereocenters. The quantitative estimate of drug-likeness (QED) is 0.663. The van der Waals surface area contributed by atoms with Crippen LogP contribution in [0.2, 0.25) is 5.15 Å². The van der Waals surface area contributed by atoms with E-state index in [2.05, 4.69) is 20.9 Å². The van der Waals surface area contributed by atoms with Crippen LogP contribution in [0, 0.1) is 0 Å². The second-order valence-electron chi connectivity index (χ2n) is 2.35. The molecule has 1 aromatic heterocycles. The van der Waals surface area contributed by atoms with Crippen LogP contribution in [0.25, 0.3) is 0 Å². The summed E-state index contributed by atoms with van der Waals surface area (Å²) in [6.45, 7) is 0. The summed E-state index contributed by atoms with van der Waals surface area (Å²) in [4.78, 5) is 3.60. The van der Waals surface area contributed by atoms with Crippen molar-refractivity contribution in [1.82, 2.24) is 4.98 Å². The topological polar surface area (TPSA) is 38.9 Å². The summed E-state index contributed by atoms with van der Waals surface area (Å²) >= 11 is 8.75. The zero-order valence-corrected chi connectivity index (χ0v) is 8.74. The number of hydrogen-bond donors (Lipinski definition) is 1. The third-order valence-electron chi connectivity index (χ3n) is 1.49. The first-order chi connectivity index (χ1) is 6.06. The van der Waals surface area contributed by atoms with E-state index in [-0.39, 0.29) is 16.5 Å². The van der Waals surface area contributed by atoms with Crippen molar-refractivity contribution in [3.63, 3.8) is 0 Å². The molecule has 2 N–H and O–H groups in total. The zero-order chi connectivity index (χ0) is 10.0. The van der Waals surface area contributed by atoms with Gasteiger partial charge in [0.15, 0.2) is 0 Å². The highest BCUT2D eigenvalue weighted by atomic mass is 79.9. The first-order valence-corrected chi connectivity index (χ1v) is 4.85. The van der Waals surface area contributed by atoms with E-state index in [1.165, 1.54) is 6.07 Å². The van der Waals surface area contributed by atoms with Gasteiger partial charge >= 0.3 is 0 Å². The minimum absolute atomic E-state index is 0.152. The molecule has 72 valence electrons. The molecule has 0 aliphatic heterocycles. The van der Waals surface area contributed by atoms with Crippen molar-refractivity contribution in [1.29, 1.82) is 0 Å². The van der Waals surface area contributed by atoms with E-state index in [0.29, 0.717) is 10.9 Å². The fraction of sp³-hybridized carbons (Fsp3) is 0.286. The summed E-state index contributed by atoms with van der Waals surface area (Å²) in [5.41, 5.74) is 5.48. The van der Waals surface area contributed by atoms with Crippen molar-refractivity contribution >= 4 is 33.3 Å². The molecule has 0 aliphatic carbocycles. The van der Waals surface area contributed by atoms with E-state index in [9.17, 15) is 8.78 Å². The molecule has 0 radical (unpaired) electrons. The highest BCUT2D eigenvalue weighted by Crippen LogP contribution is 2.28. The molecule has 1 rings (SSSR count). The second-order valence-corrected chi connectivity index (χ2v) is 3.27. The fourth-order valence-electron chi connectivity index (χ4n) is 0.832. The highest BCUT2D eigenvalue weighted by Gasteiger charge is 2.15. The SMILES string of the molecule is Nc1nc(Cl)c(CBr)cc1C(F)F. The Kier molecular flexibility index (Phi) is 3.44. The molecule has 13 heavy (non-hydrogen) atoms. The van der Waals surface area contributed by atoms with Crippen molar-refractivity contribution < 1.29 is 8.78 Å². The van der Waals surface area contributed by atoms with E-state index < -0.39 is 6.43 Å². The van der Waals surface area contributed by atoms with Gasteiger partial charge in [0.1, 0.15) is 11.0 Å². The molecule has 0 spiro atoms. The smallest absolute Gasteiger partial charge is 0.267 e. The normalized spacial score (nSPS) is 10.8. The molecule has 1 aromatic rings. The van der Waals surface area contributed by atoms with Crippen LogP contribution >= 0.6 is 27.5 Å². The summed E-state index contributed by atoms with van der Waals surface area (Å²) in [5.74, 6) is -0.218. The molecule has 0 aliphatic rings. The molecule has 0 saturated carbocycles. The molecule has 6 heteroatoms. The lowest BCUT2D eigenvalue weighted by molar-refractivity contribution is 0.152. The summed E-state index contributed by atoms with van der Waals surface area (Å²) in [6.07, 6.45) is -2.62. The van der Waals surface area contributed by atoms with Crippen LogP contribution in [0.3, 0.4) is 0 Å². The van der Waals surface area contributed by atoms with Crippen molar-refractivity contribution in [3.05, 3.63) is 22.3 Å². The van der Waals surface area contributed by atoms with Gasteiger partial charge in [0.2, 0.25) is 0 Å². The van der Waals surface area contributed by atoms with Crippen molar-refractivity contribution in [2.24, 2.45) is 0 Å². The van der Waals surface area contributed by atoms with Crippen molar-refractivity contribution in [3.8, 4) is 0 Å². The Hall–Kier alpha value is -0.420. The van der Waals surface area contributed by atoms with Gasteiger partial charge in [-0.3, -0.25) is 0 Å². The Morgan fingerprint density at radius 2 is 2.23 bits per heavy atom. The molecule has 0 aromatic carbocycles. The number of nitrogens with zero attached hydrogens (tertiary/aromatic N) is 1. The summed E-state index contributed by atoms with van der Waals surface area (Å²) < 4.78 is 24.6. The molecule has 0 saturated heterocycles. The van der Waals surface area contributed by atoms with E-state index in [1.807, 2.05) is 0 Å². The maximum atomic E-state index is 12.3. The summed E-state index contributed by atoms with van der Waals surface area (Å²) in [6, 6.07) is 1.25. The van der Waals surface area contributed by atoms with Gasteiger partial charge in [-0.05, 0) is 6.07 Å². The van der Waals surface area contributed by atoms with E-state index in [4.69, 9.17) is 17.3 Å². The third-order valence-corrected chi connectivity index (χ3v) is 2.42. The highest BCUT2D eigenvalue weighted by molar-refractivity contribution is 9.08. The number of halogens is 4. The Morgan fingerprint density at radius 3 is 2.69 bits per heavy atom. The van der Waals surface area contributed by atoms with Crippen LogP contribution in [0.1, 0.15) is 17.6 Å². The minimum Gasteiger partial charge on any atom is -0.383 e. The Balaban J connectivity index is 3.22. The maximum absolute atomic E-state index is 12.3. The van der Waals surface area contributed by atoms with E-state index in [0.717, 1.165) is 0 Å². The predicted octanol–water partition coefficient (Wildman–Crippen LogP) is 3.15. The van der Waals surface area contributed by atoms with Crippen LogP contribution in [-0.2, 0) is 5.33 Å². The molecular formula is C7H6BrClF2N2. The van der Waals surface area contributed by atoms with Crippen LogP contribution in [0.4, 0.5) is 14.6 Å². The van der Waals surface area contributed by atoms with Gasteiger partial charge in [-0.2, -0.15) is 0 Å². The van der Waals surface area contributed by atoms with Gasteiger partial charge in [0.05, 0.1) is 5.56 Å². The molecule has 0 fully saturated rings. The van der Waals surface area contributed by atoms with Gasteiger partial charge < -0.3 is 5.73 Å². The van der Waals surface area contributed by atoms with Crippen LogP contribution in [0.5, 0.6) is 0 Å². The largest absolute Gasteiger partial charge is 0.383 e. The lowest BCUT2D eigenvalue weighted by Gasteiger charge is -2.06. The monoisotopic (exact) mass is 270 g/mol. The minimum atomic E-state index is -2.62.